The average molecular weight is 308 g/mol. The molecule has 7 nitrogen and oxygen atoms in total. The fourth-order valence-corrected chi connectivity index (χ4v) is 2.95. The van der Waals surface area contributed by atoms with Crippen molar-refractivity contribution < 1.29 is 9.13 Å². The molecule has 0 spiro atoms. The Kier molecular flexibility index (Phi) is 3.64. The first-order valence-electron chi connectivity index (χ1n) is 7.41. The molecule has 0 bridgehead atoms. The second kappa shape index (κ2) is 5.35. The predicted octanol–water partition coefficient (Wildman–Crippen LogP) is 1.76. The van der Waals surface area contributed by atoms with Crippen LogP contribution in [-0.4, -0.2) is 45.9 Å². The Bertz CT molecular complexity index is 687. The Morgan fingerprint density at radius 3 is 2.73 bits per heavy atom. The molecule has 2 aromatic heterocycles. The van der Waals surface area contributed by atoms with Gasteiger partial charge in [-0.2, -0.15) is 9.97 Å². The highest BCUT2D eigenvalue weighted by Gasteiger charge is 2.43. The second-order valence-electron chi connectivity index (χ2n) is 5.90. The number of fused-ring (bicyclic) bond motifs is 1. The third-order valence-corrected chi connectivity index (χ3v) is 4.20. The van der Waals surface area contributed by atoms with Gasteiger partial charge < -0.3 is 15.4 Å². The number of hydrogen-bond acceptors (Lipinski definition) is 6. The van der Waals surface area contributed by atoms with Crippen molar-refractivity contribution in [2.75, 3.05) is 24.7 Å². The van der Waals surface area contributed by atoms with Gasteiger partial charge in [0.25, 0.3) is 0 Å². The monoisotopic (exact) mass is 308 g/mol. The highest BCUT2D eigenvalue weighted by molar-refractivity contribution is 5.84. The molecule has 0 amide bonds. The van der Waals surface area contributed by atoms with Gasteiger partial charge in [-0.15, -0.1) is 0 Å². The van der Waals surface area contributed by atoms with Gasteiger partial charge in [-0.1, -0.05) is 13.8 Å². The van der Waals surface area contributed by atoms with Crippen molar-refractivity contribution in [3.8, 4) is 0 Å². The number of anilines is 2. The van der Waals surface area contributed by atoms with Gasteiger partial charge in [0, 0.05) is 20.0 Å². The molecule has 4 atom stereocenters. The molecule has 0 aromatic carbocycles. The van der Waals surface area contributed by atoms with Crippen molar-refractivity contribution in [3.63, 3.8) is 0 Å². The van der Waals surface area contributed by atoms with Crippen molar-refractivity contribution >= 4 is 22.9 Å². The first-order chi connectivity index (χ1) is 10.4. The van der Waals surface area contributed by atoms with Crippen LogP contribution in [0.4, 0.5) is 16.2 Å². The maximum absolute atomic E-state index is 14.6. The summed E-state index contributed by atoms with van der Waals surface area (Å²) < 4.78 is 22.1. The van der Waals surface area contributed by atoms with E-state index in [1.54, 1.807) is 15.8 Å². The van der Waals surface area contributed by atoms with Crippen LogP contribution in [0.3, 0.4) is 0 Å². The molecule has 0 aliphatic carbocycles. The van der Waals surface area contributed by atoms with Crippen molar-refractivity contribution in [1.29, 1.82) is 0 Å². The van der Waals surface area contributed by atoms with Gasteiger partial charge in [-0.25, -0.2) is 9.37 Å². The summed E-state index contributed by atoms with van der Waals surface area (Å²) in [4.78, 5) is 14.5. The summed E-state index contributed by atoms with van der Waals surface area (Å²) in [5.74, 6) is 0.571. The van der Waals surface area contributed by atoms with Crippen LogP contribution in [0.15, 0.2) is 6.33 Å². The van der Waals surface area contributed by atoms with Crippen molar-refractivity contribution in [2.45, 2.75) is 38.8 Å². The molecule has 3 heterocycles. The molecule has 1 fully saturated rings. The van der Waals surface area contributed by atoms with Gasteiger partial charge in [0.1, 0.15) is 0 Å². The number of nitrogens with zero attached hydrogens (tertiary/aromatic N) is 5. The first-order valence-corrected chi connectivity index (χ1v) is 7.41. The lowest BCUT2D eigenvalue weighted by atomic mass is 10.00. The number of alkyl halides is 1. The Hall–Kier alpha value is -1.96. The Morgan fingerprint density at radius 2 is 2.14 bits per heavy atom. The van der Waals surface area contributed by atoms with Crippen LogP contribution in [0, 0.1) is 5.92 Å². The van der Waals surface area contributed by atoms with E-state index in [1.807, 2.05) is 27.9 Å². The fraction of sp³-hybridized carbons (Fsp3) is 0.643. The molecule has 0 radical (unpaired) electrons. The quantitative estimate of drug-likeness (QED) is 0.930. The Balaban J connectivity index is 2.09. The lowest BCUT2D eigenvalue weighted by Gasteiger charge is -2.16. The summed E-state index contributed by atoms with van der Waals surface area (Å²) in [6, 6.07) is 0. The van der Waals surface area contributed by atoms with E-state index in [-0.39, 0.29) is 18.0 Å². The number of nitrogen functional groups attached to an aromatic ring is 1. The minimum Gasteiger partial charge on any atom is -0.368 e. The molecule has 1 aliphatic rings. The molecule has 1 saturated heterocycles. The van der Waals surface area contributed by atoms with Gasteiger partial charge in [-0.05, 0) is 6.42 Å². The van der Waals surface area contributed by atoms with Crippen molar-refractivity contribution in [2.24, 2.45) is 5.92 Å². The molecule has 8 heteroatoms. The van der Waals surface area contributed by atoms with Crippen LogP contribution in [0.2, 0.25) is 0 Å². The maximum Gasteiger partial charge on any atom is 0.224 e. The van der Waals surface area contributed by atoms with E-state index in [0.717, 1.165) is 6.42 Å². The second-order valence-corrected chi connectivity index (χ2v) is 5.90. The van der Waals surface area contributed by atoms with E-state index in [4.69, 9.17) is 10.5 Å². The smallest absolute Gasteiger partial charge is 0.224 e. The van der Waals surface area contributed by atoms with Gasteiger partial charge in [-0.3, -0.25) is 4.57 Å². The van der Waals surface area contributed by atoms with Crippen LogP contribution >= 0.6 is 0 Å². The highest BCUT2D eigenvalue weighted by Crippen LogP contribution is 2.39. The molecule has 0 unspecified atom stereocenters. The first kappa shape index (κ1) is 15.0. The van der Waals surface area contributed by atoms with Crippen molar-refractivity contribution in [3.05, 3.63) is 6.33 Å². The van der Waals surface area contributed by atoms with Crippen LogP contribution in [0.5, 0.6) is 0 Å². The molecule has 120 valence electrons. The summed E-state index contributed by atoms with van der Waals surface area (Å²) >= 11 is 0. The summed E-state index contributed by atoms with van der Waals surface area (Å²) in [7, 11) is 3.69. The molecule has 22 heavy (non-hydrogen) atoms. The number of nitrogens with two attached hydrogens (primary N) is 1. The SMILES string of the molecule is CC[C@H]1O[C@@H](n2cnc3c(N(C)C)nc(N)nc32)[C@@H](F)[C@@H]1C. The number of hydrogen-bond donors (Lipinski definition) is 1. The van der Waals surface area contributed by atoms with Gasteiger partial charge in [0.05, 0.1) is 12.4 Å². The number of aromatic nitrogens is 4. The molecular weight excluding hydrogens is 287 g/mol. The number of ether oxygens (including phenoxy) is 1. The van der Waals surface area contributed by atoms with E-state index in [9.17, 15) is 4.39 Å². The largest absolute Gasteiger partial charge is 0.368 e. The van der Waals surface area contributed by atoms with Crippen LogP contribution in [0.25, 0.3) is 11.2 Å². The minimum atomic E-state index is -1.11. The molecule has 0 saturated carbocycles. The lowest BCUT2D eigenvalue weighted by Crippen LogP contribution is -2.20. The normalized spacial score (nSPS) is 28.4. The number of imidazole rings is 1. The van der Waals surface area contributed by atoms with E-state index in [0.29, 0.717) is 17.0 Å². The predicted molar refractivity (Wildman–Crippen MR) is 82.3 cm³/mol. The summed E-state index contributed by atoms with van der Waals surface area (Å²) in [5.41, 5.74) is 6.86. The summed E-state index contributed by atoms with van der Waals surface area (Å²) in [6.45, 7) is 3.86. The lowest BCUT2D eigenvalue weighted by molar-refractivity contribution is -0.0186. The van der Waals surface area contributed by atoms with E-state index >= 15 is 0 Å². The number of halogens is 1. The zero-order valence-electron chi connectivity index (χ0n) is 13.2. The minimum absolute atomic E-state index is 0.107. The summed E-state index contributed by atoms with van der Waals surface area (Å²) in [6.07, 6.45) is 0.374. The van der Waals surface area contributed by atoms with E-state index in [1.165, 1.54) is 0 Å². The van der Waals surface area contributed by atoms with Gasteiger partial charge in [0.2, 0.25) is 5.95 Å². The Labute approximate surface area is 128 Å². The topological polar surface area (TPSA) is 82.1 Å². The van der Waals surface area contributed by atoms with E-state index in [2.05, 4.69) is 15.0 Å². The standard InChI is InChI=1S/C14H21FN6O/c1-5-8-7(2)9(15)13(22-8)21-6-17-10-11(20(3)4)18-14(16)19-12(10)21/h6-9,13H,5H2,1-4H3,(H2,16,18,19)/t7-,8-,9+,13-/m1/s1. The molecule has 3 rings (SSSR count). The molecule has 2 aromatic rings. The third-order valence-electron chi connectivity index (χ3n) is 4.20. The van der Waals surface area contributed by atoms with Gasteiger partial charge >= 0.3 is 0 Å². The van der Waals surface area contributed by atoms with Crippen LogP contribution in [0.1, 0.15) is 26.5 Å². The van der Waals surface area contributed by atoms with Crippen LogP contribution in [-0.2, 0) is 4.74 Å². The zero-order chi connectivity index (χ0) is 16.0. The molecular formula is C14H21FN6O. The maximum atomic E-state index is 14.6. The number of rotatable bonds is 3. The fourth-order valence-electron chi connectivity index (χ4n) is 2.95. The van der Waals surface area contributed by atoms with Gasteiger partial charge in [0.15, 0.2) is 29.4 Å². The Morgan fingerprint density at radius 1 is 1.41 bits per heavy atom. The highest BCUT2D eigenvalue weighted by atomic mass is 19.1. The average Bonchev–Trinajstić information content (AvgIpc) is 3.00. The zero-order valence-corrected chi connectivity index (χ0v) is 13.2. The van der Waals surface area contributed by atoms with E-state index < -0.39 is 12.4 Å². The summed E-state index contributed by atoms with van der Waals surface area (Å²) in [5, 5.41) is 0. The van der Waals surface area contributed by atoms with Crippen LogP contribution < -0.4 is 10.6 Å². The van der Waals surface area contributed by atoms with Crippen molar-refractivity contribution in [1.82, 2.24) is 19.5 Å². The molecule has 1 aliphatic heterocycles. The third kappa shape index (κ3) is 2.18. The molecule has 2 N–H and O–H groups in total.